The van der Waals surface area contributed by atoms with E-state index in [1.807, 2.05) is 19.9 Å². The Morgan fingerprint density at radius 2 is 1.61 bits per heavy atom. The minimum atomic E-state index is -0.924. The molecule has 6 nitrogen and oxygen atoms in total. The van der Waals surface area contributed by atoms with Crippen LogP contribution in [0.2, 0.25) is 0 Å². The molecule has 0 aliphatic heterocycles. The van der Waals surface area contributed by atoms with E-state index in [4.69, 9.17) is 4.74 Å². The van der Waals surface area contributed by atoms with Gasteiger partial charge in [-0.2, -0.15) is 0 Å². The predicted octanol–water partition coefficient (Wildman–Crippen LogP) is 1.77. The van der Waals surface area contributed by atoms with Crippen LogP contribution in [0.1, 0.15) is 34.8 Å². The molecule has 126 valence electrons. The van der Waals surface area contributed by atoms with Crippen molar-refractivity contribution in [3.8, 4) is 0 Å². The molecule has 0 radical (unpaired) electrons. The summed E-state index contributed by atoms with van der Waals surface area (Å²) in [6, 6.07) is 4.50. The molecule has 1 amide bonds. The van der Waals surface area contributed by atoms with E-state index < -0.39 is 23.9 Å². The number of hydrogen-bond donors (Lipinski definition) is 1. The third-order valence-corrected chi connectivity index (χ3v) is 3.51. The summed E-state index contributed by atoms with van der Waals surface area (Å²) in [5.41, 5.74) is 2.36. The predicted molar refractivity (Wildman–Crippen MR) is 85.0 cm³/mol. The molecular weight excluding hydrogens is 298 g/mol. The molecule has 0 unspecified atom stereocenters. The molecular formula is C17H23NO5. The normalized spacial score (nSPS) is 12.9. The molecule has 0 aromatic heterocycles. The number of amides is 1. The number of benzene rings is 1. The molecule has 0 saturated heterocycles. The average Bonchev–Trinajstić information content (AvgIpc) is 2.50. The van der Waals surface area contributed by atoms with E-state index in [0.717, 1.165) is 11.1 Å². The van der Waals surface area contributed by atoms with Crippen LogP contribution in [-0.2, 0) is 19.1 Å². The lowest BCUT2D eigenvalue weighted by Crippen LogP contribution is -2.46. The zero-order valence-electron chi connectivity index (χ0n) is 14.1. The molecule has 0 fully saturated rings. The summed E-state index contributed by atoms with van der Waals surface area (Å²) in [4.78, 5) is 35.7. The molecule has 1 N–H and O–H groups in total. The van der Waals surface area contributed by atoms with Crippen molar-refractivity contribution in [2.24, 2.45) is 5.92 Å². The van der Waals surface area contributed by atoms with Crippen LogP contribution in [-0.4, -0.2) is 38.1 Å². The quantitative estimate of drug-likeness (QED) is 0.808. The van der Waals surface area contributed by atoms with Crippen molar-refractivity contribution < 1.29 is 23.9 Å². The Balaban J connectivity index is 2.94. The van der Waals surface area contributed by atoms with Gasteiger partial charge in [-0.15, -0.1) is 0 Å². The smallest absolute Gasteiger partial charge is 0.328 e. The molecule has 0 heterocycles. The Bertz CT molecular complexity index is 576. The average molecular weight is 321 g/mol. The second-order valence-corrected chi connectivity index (χ2v) is 5.61. The molecule has 1 aromatic carbocycles. The molecule has 23 heavy (non-hydrogen) atoms. The molecule has 1 rings (SSSR count). The first-order chi connectivity index (χ1) is 10.8. The zero-order valence-corrected chi connectivity index (χ0v) is 14.1. The second-order valence-electron chi connectivity index (χ2n) is 5.61. The second kappa shape index (κ2) is 8.31. The van der Waals surface area contributed by atoms with E-state index in [2.05, 4.69) is 10.1 Å². The van der Waals surface area contributed by atoms with Gasteiger partial charge in [0, 0.05) is 5.56 Å². The Morgan fingerprint density at radius 1 is 1.04 bits per heavy atom. The summed E-state index contributed by atoms with van der Waals surface area (Å²) >= 11 is 0. The van der Waals surface area contributed by atoms with Crippen LogP contribution in [0.5, 0.6) is 0 Å². The third kappa shape index (κ3) is 5.39. The Kier molecular flexibility index (Phi) is 6.75. The molecule has 0 aliphatic carbocycles. The fraction of sp³-hybridized carbons (Fsp3) is 0.471. The van der Waals surface area contributed by atoms with Crippen molar-refractivity contribution >= 4 is 17.8 Å². The van der Waals surface area contributed by atoms with Gasteiger partial charge < -0.3 is 14.8 Å². The third-order valence-electron chi connectivity index (χ3n) is 3.51. The number of aryl methyl sites for hydroxylation is 2. The number of hydrogen-bond acceptors (Lipinski definition) is 5. The van der Waals surface area contributed by atoms with Crippen molar-refractivity contribution in [2.75, 3.05) is 14.2 Å². The minimum absolute atomic E-state index is 0.00336. The maximum atomic E-state index is 12.4. The molecule has 6 heteroatoms. The molecule has 0 spiro atoms. The van der Waals surface area contributed by atoms with Crippen molar-refractivity contribution in [3.63, 3.8) is 0 Å². The van der Waals surface area contributed by atoms with Gasteiger partial charge in [0.05, 0.1) is 20.6 Å². The standard InChI is InChI=1S/C17H23NO5/c1-10-6-11(2)8-13(7-10)16(20)18-15(17(21)23-5)12(3)9-14(19)22-4/h6-8,12,15H,9H2,1-5H3,(H,18,20)/t12-,15-/m0/s1. The lowest BCUT2D eigenvalue weighted by molar-refractivity contribution is -0.146. The minimum Gasteiger partial charge on any atom is -0.469 e. The zero-order chi connectivity index (χ0) is 17.6. The van der Waals surface area contributed by atoms with E-state index in [-0.39, 0.29) is 12.3 Å². The maximum absolute atomic E-state index is 12.4. The van der Waals surface area contributed by atoms with Gasteiger partial charge in [0.1, 0.15) is 6.04 Å². The van der Waals surface area contributed by atoms with E-state index in [9.17, 15) is 14.4 Å². The van der Waals surface area contributed by atoms with Gasteiger partial charge in [-0.25, -0.2) is 4.79 Å². The lowest BCUT2D eigenvalue weighted by Gasteiger charge is -2.22. The summed E-state index contributed by atoms with van der Waals surface area (Å²) in [6.07, 6.45) is 0.00336. The van der Waals surface area contributed by atoms with E-state index in [0.29, 0.717) is 5.56 Å². The molecule has 2 atom stereocenters. The first-order valence-electron chi connectivity index (χ1n) is 7.32. The summed E-state index contributed by atoms with van der Waals surface area (Å²) in [5.74, 6) is -1.89. The highest BCUT2D eigenvalue weighted by atomic mass is 16.5. The number of esters is 2. The highest BCUT2D eigenvalue weighted by Gasteiger charge is 2.30. The van der Waals surface area contributed by atoms with Gasteiger partial charge in [-0.05, 0) is 31.9 Å². The van der Waals surface area contributed by atoms with E-state index in [1.54, 1.807) is 19.1 Å². The van der Waals surface area contributed by atoms with Gasteiger partial charge in [0.25, 0.3) is 5.91 Å². The van der Waals surface area contributed by atoms with Crippen molar-refractivity contribution in [3.05, 3.63) is 34.9 Å². The van der Waals surface area contributed by atoms with Gasteiger partial charge in [0.15, 0.2) is 0 Å². The SMILES string of the molecule is COC(=O)C[C@H](C)[C@H](NC(=O)c1cc(C)cc(C)c1)C(=O)OC. The van der Waals surface area contributed by atoms with Gasteiger partial charge in [0.2, 0.25) is 0 Å². The Morgan fingerprint density at radius 3 is 2.09 bits per heavy atom. The van der Waals surface area contributed by atoms with E-state index in [1.165, 1.54) is 14.2 Å². The van der Waals surface area contributed by atoms with Crippen LogP contribution >= 0.6 is 0 Å². The largest absolute Gasteiger partial charge is 0.469 e. The molecule has 0 aliphatic rings. The molecule has 0 saturated carbocycles. The highest BCUT2D eigenvalue weighted by molar-refractivity contribution is 5.97. The summed E-state index contributed by atoms with van der Waals surface area (Å²) < 4.78 is 9.33. The Hall–Kier alpha value is -2.37. The Labute approximate surface area is 136 Å². The first kappa shape index (κ1) is 18.7. The monoisotopic (exact) mass is 321 g/mol. The van der Waals surface area contributed by atoms with Crippen LogP contribution in [0.25, 0.3) is 0 Å². The number of carbonyl (C=O) groups is 3. The number of carbonyl (C=O) groups excluding carboxylic acids is 3. The number of methoxy groups -OCH3 is 2. The van der Waals surface area contributed by atoms with Gasteiger partial charge in [-0.3, -0.25) is 9.59 Å². The topological polar surface area (TPSA) is 81.7 Å². The highest BCUT2D eigenvalue weighted by Crippen LogP contribution is 2.14. The van der Waals surface area contributed by atoms with Crippen molar-refractivity contribution in [2.45, 2.75) is 33.2 Å². The van der Waals surface area contributed by atoms with Crippen LogP contribution in [0, 0.1) is 19.8 Å². The van der Waals surface area contributed by atoms with Gasteiger partial charge >= 0.3 is 11.9 Å². The summed E-state index contributed by atoms with van der Waals surface area (Å²) in [5, 5.41) is 2.65. The van der Waals surface area contributed by atoms with Crippen LogP contribution in [0.4, 0.5) is 0 Å². The first-order valence-corrected chi connectivity index (χ1v) is 7.32. The lowest BCUT2D eigenvalue weighted by atomic mass is 9.97. The van der Waals surface area contributed by atoms with Crippen molar-refractivity contribution in [1.29, 1.82) is 0 Å². The summed E-state index contributed by atoms with van der Waals surface area (Å²) in [7, 11) is 2.51. The van der Waals surface area contributed by atoms with E-state index >= 15 is 0 Å². The van der Waals surface area contributed by atoms with Crippen LogP contribution < -0.4 is 5.32 Å². The number of nitrogens with one attached hydrogen (secondary N) is 1. The number of ether oxygens (including phenoxy) is 2. The van der Waals surface area contributed by atoms with Gasteiger partial charge in [-0.1, -0.05) is 24.1 Å². The maximum Gasteiger partial charge on any atom is 0.328 e. The number of rotatable bonds is 6. The van der Waals surface area contributed by atoms with Crippen LogP contribution in [0.15, 0.2) is 18.2 Å². The fourth-order valence-corrected chi connectivity index (χ4v) is 2.35. The van der Waals surface area contributed by atoms with Crippen LogP contribution in [0.3, 0.4) is 0 Å². The fourth-order valence-electron chi connectivity index (χ4n) is 2.35. The van der Waals surface area contributed by atoms with Crippen molar-refractivity contribution in [1.82, 2.24) is 5.32 Å². The summed E-state index contributed by atoms with van der Waals surface area (Å²) in [6.45, 7) is 5.46. The molecule has 1 aromatic rings. The molecule has 0 bridgehead atoms.